The summed E-state index contributed by atoms with van der Waals surface area (Å²) in [5.41, 5.74) is 4.15. The lowest BCUT2D eigenvalue weighted by molar-refractivity contribution is 0.0597. The third kappa shape index (κ3) is 3.87. The summed E-state index contributed by atoms with van der Waals surface area (Å²) in [6.45, 7) is 3.17. The quantitative estimate of drug-likeness (QED) is 0.616. The highest BCUT2D eigenvalue weighted by Crippen LogP contribution is 2.25. The van der Waals surface area contributed by atoms with Crippen molar-refractivity contribution in [2.75, 3.05) is 14.2 Å². The van der Waals surface area contributed by atoms with Gasteiger partial charge in [-0.25, -0.2) is 4.79 Å². The summed E-state index contributed by atoms with van der Waals surface area (Å²) in [4.78, 5) is 19.2. The Hall–Kier alpha value is -2.43. The molecule has 3 rings (SSSR count). The van der Waals surface area contributed by atoms with Crippen molar-refractivity contribution in [3.63, 3.8) is 0 Å². The van der Waals surface area contributed by atoms with Gasteiger partial charge < -0.3 is 4.74 Å². The van der Waals surface area contributed by atoms with E-state index in [0.29, 0.717) is 23.7 Å². The van der Waals surface area contributed by atoms with Crippen LogP contribution in [0.2, 0.25) is 5.02 Å². The largest absolute Gasteiger partial charge is 0.465 e. The Morgan fingerprint density at radius 3 is 2.65 bits per heavy atom. The van der Waals surface area contributed by atoms with Gasteiger partial charge in [0.1, 0.15) is 0 Å². The monoisotopic (exact) mass is 368 g/mol. The van der Waals surface area contributed by atoms with Gasteiger partial charge in [0, 0.05) is 23.5 Å². The van der Waals surface area contributed by atoms with Crippen LogP contribution in [0.5, 0.6) is 0 Å². The van der Waals surface area contributed by atoms with Gasteiger partial charge in [-0.15, -0.1) is 0 Å². The van der Waals surface area contributed by atoms with Crippen molar-refractivity contribution in [1.82, 2.24) is 9.88 Å². The van der Waals surface area contributed by atoms with Gasteiger partial charge in [0.25, 0.3) is 0 Å². The topological polar surface area (TPSA) is 42.4 Å². The van der Waals surface area contributed by atoms with E-state index in [-0.39, 0.29) is 5.97 Å². The van der Waals surface area contributed by atoms with E-state index in [1.165, 1.54) is 7.11 Å². The van der Waals surface area contributed by atoms with Crippen LogP contribution in [0.1, 0.15) is 27.2 Å². The van der Waals surface area contributed by atoms with Gasteiger partial charge in [0.05, 0.1) is 23.9 Å². The van der Waals surface area contributed by atoms with E-state index in [0.717, 1.165) is 27.7 Å². The summed E-state index contributed by atoms with van der Waals surface area (Å²) in [6, 6.07) is 15.6. The minimum atomic E-state index is -0.355. The summed E-state index contributed by atoms with van der Waals surface area (Å²) in [7, 11) is 3.39. The zero-order chi connectivity index (χ0) is 18.7. The molecule has 1 aromatic heterocycles. The maximum atomic E-state index is 12.4. The minimum absolute atomic E-state index is 0.355. The van der Waals surface area contributed by atoms with Crippen molar-refractivity contribution in [1.29, 1.82) is 0 Å². The number of esters is 1. The second-order valence-electron chi connectivity index (χ2n) is 6.37. The first-order valence-corrected chi connectivity index (χ1v) is 8.77. The van der Waals surface area contributed by atoms with Crippen LogP contribution < -0.4 is 0 Å². The van der Waals surface area contributed by atoms with E-state index in [1.54, 1.807) is 0 Å². The predicted octanol–water partition coefficient (Wildman–Crippen LogP) is 4.62. The molecule has 4 nitrogen and oxygen atoms in total. The Morgan fingerprint density at radius 2 is 1.92 bits per heavy atom. The molecule has 0 saturated heterocycles. The highest BCUT2D eigenvalue weighted by atomic mass is 35.5. The molecule has 0 unspecified atom stereocenters. The van der Waals surface area contributed by atoms with Crippen LogP contribution >= 0.6 is 11.6 Å². The molecule has 0 amide bonds. The van der Waals surface area contributed by atoms with Gasteiger partial charge in [0.2, 0.25) is 0 Å². The van der Waals surface area contributed by atoms with Gasteiger partial charge in [-0.05, 0) is 43.3 Å². The lowest BCUT2D eigenvalue weighted by atomic mass is 10.0. The molecule has 0 fully saturated rings. The van der Waals surface area contributed by atoms with Crippen molar-refractivity contribution in [3.8, 4) is 0 Å². The normalized spacial score (nSPS) is 11.1. The molecule has 26 heavy (non-hydrogen) atoms. The third-order valence-corrected chi connectivity index (χ3v) is 4.61. The summed E-state index contributed by atoms with van der Waals surface area (Å²) >= 11 is 6.07. The highest BCUT2D eigenvalue weighted by Gasteiger charge is 2.20. The first-order chi connectivity index (χ1) is 12.5. The van der Waals surface area contributed by atoms with Crippen molar-refractivity contribution in [2.24, 2.45) is 0 Å². The number of carbonyl (C=O) groups excluding carboxylic acids is 1. The molecule has 0 spiro atoms. The number of ether oxygens (including phenoxy) is 1. The molecular weight excluding hydrogens is 348 g/mol. The molecule has 0 saturated carbocycles. The predicted molar refractivity (Wildman–Crippen MR) is 104 cm³/mol. The zero-order valence-electron chi connectivity index (χ0n) is 15.1. The number of benzene rings is 2. The minimum Gasteiger partial charge on any atom is -0.465 e. The van der Waals surface area contributed by atoms with Crippen LogP contribution in [0.3, 0.4) is 0 Å². The van der Waals surface area contributed by atoms with Crippen LogP contribution in [0.4, 0.5) is 0 Å². The van der Waals surface area contributed by atoms with Gasteiger partial charge in [-0.1, -0.05) is 41.9 Å². The molecule has 0 aliphatic carbocycles. The lowest BCUT2D eigenvalue weighted by Crippen LogP contribution is -2.21. The molecule has 1 heterocycles. The molecule has 0 bridgehead atoms. The number of hydrogen-bond donors (Lipinski definition) is 0. The van der Waals surface area contributed by atoms with Crippen LogP contribution in [0, 0.1) is 6.92 Å². The van der Waals surface area contributed by atoms with E-state index in [1.807, 2.05) is 62.5 Å². The Morgan fingerprint density at radius 1 is 1.15 bits per heavy atom. The number of aryl methyl sites for hydroxylation is 1. The smallest absolute Gasteiger partial charge is 0.340 e. The van der Waals surface area contributed by atoms with E-state index >= 15 is 0 Å². The number of methoxy groups -OCH3 is 1. The maximum Gasteiger partial charge on any atom is 0.340 e. The van der Waals surface area contributed by atoms with E-state index in [2.05, 4.69) is 4.90 Å². The number of halogens is 1. The molecule has 0 atom stereocenters. The van der Waals surface area contributed by atoms with E-state index in [4.69, 9.17) is 21.3 Å². The molecule has 2 aromatic carbocycles. The van der Waals surface area contributed by atoms with Crippen LogP contribution in [0.15, 0.2) is 48.5 Å². The van der Waals surface area contributed by atoms with Crippen molar-refractivity contribution < 1.29 is 9.53 Å². The Balaban J connectivity index is 1.96. The average molecular weight is 369 g/mol. The maximum absolute atomic E-state index is 12.4. The van der Waals surface area contributed by atoms with Crippen molar-refractivity contribution >= 4 is 28.5 Å². The Bertz CT molecular complexity index is 956. The van der Waals surface area contributed by atoms with Crippen LogP contribution in [0.25, 0.3) is 10.9 Å². The third-order valence-electron chi connectivity index (χ3n) is 4.38. The second-order valence-corrected chi connectivity index (χ2v) is 6.81. The van der Waals surface area contributed by atoms with Gasteiger partial charge in [0.15, 0.2) is 0 Å². The first kappa shape index (κ1) is 18.4. The number of fused-ring (bicyclic) bond motifs is 1. The molecule has 0 aliphatic heterocycles. The molecule has 0 aliphatic rings. The number of para-hydroxylation sites is 1. The van der Waals surface area contributed by atoms with Gasteiger partial charge in [-0.2, -0.15) is 0 Å². The summed E-state index contributed by atoms with van der Waals surface area (Å²) < 4.78 is 5.01. The Kier molecular flexibility index (Phi) is 5.55. The van der Waals surface area contributed by atoms with Crippen LogP contribution in [-0.2, 0) is 17.8 Å². The number of rotatable bonds is 5. The lowest BCUT2D eigenvalue weighted by Gasteiger charge is -2.20. The molecule has 5 heteroatoms. The summed E-state index contributed by atoms with van der Waals surface area (Å²) in [5.74, 6) is -0.355. The number of hydrogen-bond acceptors (Lipinski definition) is 4. The van der Waals surface area contributed by atoms with Crippen molar-refractivity contribution in [3.05, 3.63) is 75.9 Å². The average Bonchev–Trinajstić information content (AvgIpc) is 2.61. The Labute approximate surface area is 158 Å². The van der Waals surface area contributed by atoms with Crippen molar-refractivity contribution in [2.45, 2.75) is 20.0 Å². The number of aromatic nitrogens is 1. The molecule has 3 aromatic rings. The van der Waals surface area contributed by atoms with E-state index in [9.17, 15) is 4.79 Å². The zero-order valence-corrected chi connectivity index (χ0v) is 15.9. The fraction of sp³-hybridized carbons (Fsp3) is 0.238. The second kappa shape index (κ2) is 7.85. The molecule has 134 valence electrons. The van der Waals surface area contributed by atoms with Gasteiger partial charge in [-0.3, -0.25) is 9.88 Å². The standard InChI is InChI=1S/C21H21ClN2O2/c1-14-17-9-4-5-10-18(17)23-19(20(14)21(25)26-3)13-24(2)12-15-7-6-8-16(22)11-15/h4-11H,12-13H2,1-3H3. The van der Waals surface area contributed by atoms with Crippen LogP contribution in [-0.4, -0.2) is 30.0 Å². The summed E-state index contributed by atoms with van der Waals surface area (Å²) in [6.07, 6.45) is 0. The molecule has 0 radical (unpaired) electrons. The van der Waals surface area contributed by atoms with Gasteiger partial charge >= 0.3 is 5.97 Å². The fourth-order valence-electron chi connectivity index (χ4n) is 3.19. The number of pyridine rings is 1. The molecular formula is C21H21ClN2O2. The first-order valence-electron chi connectivity index (χ1n) is 8.39. The highest BCUT2D eigenvalue weighted by molar-refractivity contribution is 6.30. The SMILES string of the molecule is COC(=O)c1c(CN(C)Cc2cccc(Cl)c2)nc2ccccc2c1C. The number of carbonyl (C=O) groups is 1. The molecule has 0 N–H and O–H groups in total. The fourth-order valence-corrected chi connectivity index (χ4v) is 3.40. The van der Waals surface area contributed by atoms with E-state index < -0.39 is 0 Å². The summed E-state index contributed by atoms with van der Waals surface area (Å²) in [5, 5.41) is 1.68. The number of nitrogens with zero attached hydrogens (tertiary/aromatic N) is 2.